The normalized spacial score (nSPS) is 10.4. The Kier molecular flexibility index (Phi) is 7.00. The number of amides is 2. The van der Waals surface area contributed by atoms with Crippen molar-refractivity contribution in [2.24, 2.45) is 0 Å². The van der Waals surface area contributed by atoms with E-state index >= 15 is 0 Å². The molecule has 0 bridgehead atoms. The molecule has 0 fully saturated rings. The van der Waals surface area contributed by atoms with Gasteiger partial charge in [-0.2, -0.15) is 8.78 Å². The first kappa shape index (κ1) is 18.5. The van der Waals surface area contributed by atoms with Gasteiger partial charge >= 0.3 is 12.6 Å². The highest BCUT2D eigenvalue weighted by molar-refractivity contribution is 5.73. The number of aryl methyl sites for hydroxylation is 1. The SMILES string of the molecule is Cc1cccc(OCCNC(=O)NCc2ccc(OC(F)F)cc2)c1. The lowest BCUT2D eigenvalue weighted by atomic mass is 10.2. The van der Waals surface area contributed by atoms with Gasteiger partial charge in [-0.25, -0.2) is 4.79 Å². The Labute approximate surface area is 144 Å². The van der Waals surface area contributed by atoms with Crippen LogP contribution in [0.25, 0.3) is 0 Å². The molecule has 0 radical (unpaired) electrons. The molecule has 0 aliphatic heterocycles. The Morgan fingerprint density at radius 2 is 1.84 bits per heavy atom. The molecule has 7 heteroatoms. The molecular formula is C18H20F2N2O3. The first-order chi connectivity index (χ1) is 12.0. The fourth-order valence-electron chi connectivity index (χ4n) is 2.07. The third-order valence-electron chi connectivity index (χ3n) is 3.25. The van der Waals surface area contributed by atoms with E-state index < -0.39 is 6.61 Å². The predicted octanol–water partition coefficient (Wildman–Crippen LogP) is 3.47. The molecule has 0 spiro atoms. The zero-order chi connectivity index (χ0) is 18.1. The third kappa shape index (κ3) is 7.07. The van der Waals surface area contributed by atoms with Crippen molar-refractivity contribution in [2.45, 2.75) is 20.1 Å². The second-order valence-corrected chi connectivity index (χ2v) is 5.30. The van der Waals surface area contributed by atoms with Crippen molar-refractivity contribution in [3.63, 3.8) is 0 Å². The summed E-state index contributed by atoms with van der Waals surface area (Å²) >= 11 is 0. The van der Waals surface area contributed by atoms with E-state index in [1.54, 1.807) is 12.1 Å². The van der Waals surface area contributed by atoms with E-state index in [2.05, 4.69) is 15.4 Å². The smallest absolute Gasteiger partial charge is 0.387 e. The number of carbonyl (C=O) groups is 1. The zero-order valence-corrected chi connectivity index (χ0v) is 13.8. The summed E-state index contributed by atoms with van der Waals surface area (Å²) in [6, 6.07) is 13.4. The number of ether oxygens (including phenoxy) is 2. The van der Waals surface area contributed by atoms with Crippen molar-refractivity contribution in [2.75, 3.05) is 13.2 Å². The Bertz CT molecular complexity index is 678. The van der Waals surface area contributed by atoms with Crippen LogP contribution >= 0.6 is 0 Å². The minimum absolute atomic E-state index is 0.0801. The van der Waals surface area contributed by atoms with Crippen molar-refractivity contribution in [1.29, 1.82) is 0 Å². The van der Waals surface area contributed by atoms with Crippen LogP contribution in [0.5, 0.6) is 11.5 Å². The number of carbonyl (C=O) groups excluding carboxylic acids is 1. The highest BCUT2D eigenvalue weighted by Crippen LogP contribution is 2.14. The molecule has 2 aromatic rings. The zero-order valence-electron chi connectivity index (χ0n) is 13.8. The molecule has 2 aromatic carbocycles. The fourth-order valence-corrected chi connectivity index (χ4v) is 2.07. The first-order valence-electron chi connectivity index (χ1n) is 7.78. The average molecular weight is 350 g/mol. The molecule has 2 N–H and O–H groups in total. The van der Waals surface area contributed by atoms with Crippen LogP contribution < -0.4 is 20.1 Å². The minimum atomic E-state index is -2.85. The average Bonchev–Trinajstić information content (AvgIpc) is 2.58. The van der Waals surface area contributed by atoms with Crippen LogP contribution in [0.4, 0.5) is 13.6 Å². The van der Waals surface area contributed by atoms with Crippen molar-refractivity contribution < 1.29 is 23.0 Å². The lowest BCUT2D eigenvalue weighted by Gasteiger charge is -2.10. The number of benzene rings is 2. The summed E-state index contributed by atoms with van der Waals surface area (Å²) in [5.41, 5.74) is 1.88. The largest absolute Gasteiger partial charge is 0.492 e. The van der Waals surface area contributed by atoms with Gasteiger partial charge in [-0.1, -0.05) is 24.3 Å². The van der Waals surface area contributed by atoms with Crippen LogP contribution in [0.15, 0.2) is 48.5 Å². The molecule has 2 rings (SSSR count). The summed E-state index contributed by atoms with van der Waals surface area (Å²) in [6.45, 7) is 0.124. The maximum Gasteiger partial charge on any atom is 0.387 e. The van der Waals surface area contributed by atoms with Crippen LogP contribution in [-0.2, 0) is 6.54 Å². The number of nitrogens with one attached hydrogen (secondary N) is 2. The molecule has 0 atom stereocenters. The van der Waals surface area contributed by atoms with Crippen molar-refractivity contribution in [3.8, 4) is 11.5 Å². The molecule has 5 nitrogen and oxygen atoms in total. The summed E-state index contributed by atoms with van der Waals surface area (Å²) in [5.74, 6) is 0.838. The van der Waals surface area contributed by atoms with Gasteiger partial charge in [-0.15, -0.1) is 0 Å². The van der Waals surface area contributed by atoms with Crippen molar-refractivity contribution in [3.05, 3.63) is 59.7 Å². The molecule has 0 aromatic heterocycles. The van der Waals surface area contributed by atoms with Gasteiger partial charge in [0.05, 0.1) is 6.54 Å². The maximum absolute atomic E-state index is 12.1. The van der Waals surface area contributed by atoms with E-state index in [1.807, 2.05) is 31.2 Å². The Balaban J connectivity index is 1.63. The predicted molar refractivity (Wildman–Crippen MR) is 90.0 cm³/mol. The molecule has 0 saturated heterocycles. The van der Waals surface area contributed by atoms with Gasteiger partial charge in [0.2, 0.25) is 0 Å². The van der Waals surface area contributed by atoms with E-state index in [1.165, 1.54) is 12.1 Å². The molecule has 0 unspecified atom stereocenters. The van der Waals surface area contributed by atoms with Crippen LogP contribution in [0.1, 0.15) is 11.1 Å². The molecule has 0 aliphatic rings. The summed E-state index contributed by atoms with van der Waals surface area (Å²) in [4.78, 5) is 11.7. The molecular weight excluding hydrogens is 330 g/mol. The van der Waals surface area contributed by atoms with Crippen molar-refractivity contribution >= 4 is 6.03 Å². The molecule has 0 aliphatic carbocycles. The molecule has 0 saturated carbocycles. The molecule has 0 heterocycles. The van der Waals surface area contributed by atoms with Gasteiger partial charge in [0.1, 0.15) is 18.1 Å². The number of halogens is 2. The first-order valence-corrected chi connectivity index (χ1v) is 7.78. The standard InChI is InChI=1S/C18H20F2N2O3/c1-13-3-2-4-16(11-13)24-10-9-21-18(23)22-12-14-5-7-15(8-6-14)25-17(19)20/h2-8,11,17H,9-10,12H2,1H3,(H2,21,22,23). The quantitative estimate of drug-likeness (QED) is 0.717. The van der Waals surface area contributed by atoms with Crippen LogP contribution in [0.3, 0.4) is 0 Å². The second kappa shape index (κ2) is 9.46. The van der Waals surface area contributed by atoms with E-state index in [9.17, 15) is 13.6 Å². The maximum atomic E-state index is 12.1. The van der Waals surface area contributed by atoms with Crippen LogP contribution in [0, 0.1) is 6.92 Å². The fraction of sp³-hybridized carbons (Fsp3) is 0.278. The highest BCUT2D eigenvalue weighted by atomic mass is 19.3. The van der Waals surface area contributed by atoms with Gasteiger partial charge in [0, 0.05) is 6.54 Å². The number of alkyl halides is 2. The van der Waals surface area contributed by atoms with E-state index in [0.29, 0.717) is 13.2 Å². The summed E-state index contributed by atoms with van der Waals surface area (Å²) in [6.07, 6.45) is 0. The number of urea groups is 1. The lowest BCUT2D eigenvalue weighted by Crippen LogP contribution is -2.37. The van der Waals surface area contributed by atoms with Crippen LogP contribution in [-0.4, -0.2) is 25.8 Å². The summed E-state index contributed by atoms with van der Waals surface area (Å²) in [5, 5.41) is 5.35. The van der Waals surface area contributed by atoms with Gasteiger partial charge in [-0.05, 0) is 42.3 Å². The molecule has 25 heavy (non-hydrogen) atoms. The van der Waals surface area contributed by atoms with E-state index in [4.69, 9.17) is 4.74 Å². The van der Waals surface area contributed by atoms with Gasteiger partial charge in [0.15, 0.2) is 0 Å². The number of rotatable bonds is 8. The number of hydrogen-bond donors (Lipinski definition) is 2. The highest BCUT2D eigenvalue weighted by Gasteiger charge is 2.04. The van der Waals surface area contributed by atoms with Gasteiger partial charge in [0.25, 0.3) is 0 Å². The Morgan fingerprint density at radius 3 is 2.52 bits per heavy atom. The monoisotopic (exact) mass is 350 g/mol. The van der Waals surface area contributed by atoms with Gasteiger partial charge < -0.3 is 20.1 Å². The van der Waals surface area contributed by atoms with Crippen molar-refractivity contribution in [1.82, 2.24) is 10.6 Å². The topological polar surface area (TPSA) is 59.6 Å². The third-order valence-corrected chi connectivity index (χ3v) is 3.25. The lowest BCUT2D eigenvalue weighted by molar-refractivity contribution is -0.0498. The van der Waals surface area contributed by atoms with E-state index in [-0.39, 0.29) is 18.3 Å². The summed E-state index contributed by atoms with van der Waals surface area (Å²) < 4.78 is 33.9. The Morgan fingerprint density at radius 1 is 1.08 bits per heavy atom. The molecule has 2 amide bonds. The van der Waals surface area contributed by atoms with Crippen LogP contribution in [0.2, 0.25) is 0 Å². The molecule has 134 valence electrons. The van der Waals surface area contributed by atoms with Gasteiger partial charge in [-0.3, -0.25) is 0 Å². The Hall–Kier alpha value is -2.83. The second-order valence-electron chi connectivity index (χ2n) is 5.30. The number of hydrogen-bond acceptors (Lipinski definition) is 3. The van der Waals surface area contributed by atoms with E-state index in [0.717, 1.165) is 16.9 Å². The summed E-state index contributed by atoms with van der Waals surface area (Å²) in [7, 11) is 0. The minimum Gasteiger partial charge on any atom is -0.492 e.